The molecule has 2 rings (SSSR count). The largest absolute Gasteiger partial charge is 0.497 e. The molecule has 3 nitrogen and oxygen atoms in total. The van der Waals surface area contributed by atoms with Crippen LogP contribution in [0.15, 0.2) is 18.2 Å². The van der Waals surface area contributed by atoms with E-state index in [1.54, 1.807) is 14.2 Å². The Labute approximate surface area is 116 Å². The zero-order valence-corrected chi connectivity index (χ0v) is 12.4. The first kappa shape index (κ1) is 14.0. The van der Waals surface area contributed by atoms with E-state index in [4.69, 9.17) is 9.47 Å². The van der Waals surface area contributed by atoms with Gasteiger partial charge in [0.25, 0.3) is 0 Å². The Hall–Kier alpha value is -1.38. The molecule has 1 saturated carbocycles. The minimum Gasteiger partial charge on any atom is -0.497 e. The summed E-state index contributed by atoms with van der Waals surface area (Å²) in [7, 11) is 3.37. The Morgan fingerprint density at radius 1 is 1.00 bits per heavy atom. The monoisotopic (exact) mass is 263 g/mol. The van der Waals surface area contributed by atoms with Gasteiger partial charge in [0, 0.05) is 29.9 Å². The van der Waals surface area contributed by atoms with Crippen molar-refractivity contribution in [2.24, 2.45) is 11.8 Å². The highest BCUT2D eigenvalue weighted by Crippen LogP contribution is 2.32. The van der Waals surface area contributed by atoms with Crippen LogP contribution in [-0.4, -0.2) is 20.3 Å². The number of benzene rings is 1. The Morgan fingerprint density at radius 2 is 1.63 bits per heavy atom. The van der Waals surface area contributed by atoms with Crippen LogP contribution >= 0.6 is 0 Å². The molecule has 0 aliphatic heterocycles. The highest BCUT2D eigenvalue weighted by molar-refractivity contribution is 5.54. The first-order chi connectivity index (χ1) is 9.12. The lowest BCUT2D eigenvalue weighted by molar-refractivity contribution is 0.280. The Bertz CT molecular complexity index is 397. The minimum absolute atomic E-state index is 0.542. The molecule has 1 fully saturated rings. The summed E-state index contributed by atoms with van der Waals surface area (Å²) in [5.74, 6) is 3.19. The smallest absolute Gasteiger partial charge is 0.124 e. The molecular formula is C16H25NO2. The highest BCUT2D eigenvalue weighted by Gasteiger charge is 2.25. The van der Waals surface area contributed by atoms with Crippen LogP contribution in [0, 0.1) is 11.8 Å². The van der Waals surface area contributed by atoms with Crippen LogP contribution in [0.5, 0.6) is 11.5 Å². The van der Waals surface area contributed by atoms with Gasteiger partial charge in [-0.2, -0.15) is 0 Å². The van der Waals surface area contributed by atoms with E-state index in [9.17, 15) is 0 Å². The van der Waals surface area contributed by atoms with Gasteiger partial charge in [0.05, 0.1) is 14.2 Å². The van der Waals surface area contributed by atoms with Gasteiger partial charge in [0.15, 0.2) is 0 Å². The first-order valence-corrected chi connectivity index (χ1v) is 7.12. The zero-order chi connectivity index (χ0) is 13.8. The van der Waals surface area contributed by atoms with Crippen molar-refractivity contribution in [3.8, 4) is 11.5 Å². The van der Waals surface area contributed by atoms with Crippen LogP contribution < -0.4 is 14.8 Å². The predicted molar refractivity (Wildman–Crippen MR) is 79.1 cm³/mol. The molecule has 3 atom stereocenters. The molecular weight excluding hydrogens is 238 g/mol. The summed E-state index contributed by atoms with van der Waals surface area (Å²) in [6.45, 7) is 4.67. The van der Waals surface area contributed by atoms with E-state index in [1.165, 1.54) is 19.3 Å². The zero-order valence-electron chi connectivity index (χ0n) is 12.4. The van der Waals surface area contributed by atoms with E-state index in [0.717, 1.165) is 23.1 Å². The molecule has 0 bridgehead atoms. The third kappa shape index (κ3) is 3.55. The van der Waals surface area contributed by atoms with E-state index in [0.29, 0.717) is 12.0 Å². The summed E-state index contributed by atoms with van der Waals surface area (Å²) in [5, 5.41) is 3.65. The van der Waals surface area contributed by atoms with Crippen LogP contribution in [0.4, 0.5) is 5.69 Å². The van der Waals surface area contributed by atoms with E-state index in [1.807, 2.05) is 18.2 Å². The molecule has 1 aromatic carbocycles. The summed E-state index contributed by atoms with van der Waals surface area (Å²) in [5.41, 5.74) is 1.09. The normalized spacial score (nSPS) is 26.8. The van der Waals surface area contributed by atoms with Crippen molar-refractivity contribution in [1.82, 2.24) is 0 Å². The van der Waals surface area contributed by atoms with Crippen molar-refractivity contribution in [2.75, 3.05) is 19.5 Å². The average molecular weight is 263 g/mol. The van der Waals surface area contributed by atoms with Gasteiger partial charge in [-0.05, 0) is 24.7 Å². The SMILES string of the molecule is COc1cc(NC2CC(C)CCC2C)cc(OC)c1. The Morgan fingerprint density at radius 3 is 2.21 bits per heavy atom. The third-order valence-corrected chi connectivity index (χ3v) is 4.16. The molecule has 0 saturated heterocycles. The number of hydrogen-bond donors (Lipinski definition) is 1. The fourth-order valence-corrected chi connectivity index (χ4v) is 2.84. The molecule has 0 spiro atoms. The van der Waals surface area contributed by atoms with Gasteiger partial charge in [0.2, 0.25) is 0 Å². The summed E-state index contributed by atoms with van der Waals surface area (Å²) in [4.78, 5) is 0. The standard InChI is InChI=1S/C16H25NO2/c1-11-5-6-12(2)16(7-11)17-13-8-14(18-3)10-15(9-13)19-4/h8-12,16-17H,5-7H2,1-4H3. The molecule has 19 heavy (non-hydrogen) atoms. The van der Waals surface area contributed by atoms with Crippen LogP contribution in [0.25, 0.3) is 0 Å². The van der Waals surface area contributed by atoms with E-state index in [2.05, 4.69) is 19.2 Å². The second-order valence-electron chi connectivity index (χ2n) is 5.75. The predicted octanol–water partition coefficient (Wildman–Crippen LogP) is 3.94. The molecule has 1 aliphatic rings. The van der Waals surface area contributed by atoms with Gasteiger partial charge < -0.3 is 14.8 Å². The topological polar surface area (TPSA) is 30.5 Å². The molecule has 106 valence electrons. The van der Waals surface area contributed by atoms with Crippen molar-refractivity contribution in [2.45, 2.75) is 39.2 Å². The second-order valence-corrected chi connectivity index (χ2v) is 5.75. The number of rotatable bonds is 4. The lowest BCUT2D eigenvalue weighted by Gasteiger charge is -2.34. The number of ether oxygens (including phenoxy) is 2. The second kappa shape index (κ2) is 6.18. The number of anilines is 1. The summed E-state index contributed by atoms with van der Waals surface area (Å²) in [6, 6.07) is 6.52. The highest BCUT2D eigenvalue weighted by atomic mass is 16.5. The van der Waals surface area contributed by atoms with E-state index in [-0.39, 0.29) is 0 Å². The maximum absolute atomic E-state index is 5.31. The molecule has 3 heteroatoms. The van der Waals surface area contributed by atoms with Gasteiger partial charge in [-0.15, -0.1) is 0 Å². The molecule has 3 unspecified atom stereocenters. The van der Waals surface area contributed by atoms with Crippen molar-refractivity contribution in [3.63, 3.8) is 0 Å². The lowest BCUT2D eigenvalue weighted by atomic mass is 9.80. The Kier molecular flexibility index (Phi) is 4.56. The molecule has 0 heterocycles. The fraction of sp³-hybridized carbons (Fsp3) is 0.625. The average Bonchev–Trinajstić information content (AvgIpc) is 2.42. The summed E-state index contributed by atoms with van der Waals surface area (Å²) < 4.78 is 10.6. The van der Waals surface area contributed by atoms with Gasteiger partial charge in [-0.25, -0.2) is 0 Å². The molecule has 0 radical (unpaired) electrons. The Balaban J connectivity index is 2.13. The summed E-state index contributed by atoms with van der Waals surface area (Å²) >= 11 is 0. The van der Waals surface area contributed by atoms with Crippen molar-refractivity contribution in [3.05, 3.63) is 18.2 Å². The lowest BCUT2D eigenvalue weighted by Crippen LogP contribution is -2.33. The van der Waals surface area contributed by atoms with Gasteiger partial charge >= 0.3 is 0 Å². The van der Waals surface area contributed by atoms with Crippen molar-refractivity contribution in [1.29, 1.82) is 0 Å². The minimum atomic E-state index is 0.542. The van der Waals surface area contributed by atoms with Crippen LogP contribution in [0.1, 0.15) is 33.1 Å². The van der Waals surface area contributed by atoms with E-state index >= 15 is 0 Å². The molecule has 0 aromatic heterocycles. The van der Waals surface area contributed by atoms with Crippen molar-refractivity contribution >= 4 is 5.69 Å². The first-order valence-electron chi connectivity index (χ1n) is 7.12. The number of hydrogen-bond acceptors (Lipinski definition) is 3. The maximum Gasteiger partial charge on any atom is 0.124 e. The van der Waals surface area contributed by atoms with E-state index < -0.39 is 0 Å². The quantitative estimate of drug-likeness (QED) is 0.892. The molecule has 1 aromatic rings. The number of nitrogens with one attached hydrogen (secondary N) is 1. The maximum atomic E-state index is 5.31. The molecule has 1 aliphatic carbocycles. The van der Waals surface area contributed by atoms with Crippen molar-refractivity contribution < 1.29 is 9.47 Å². The van der Waals surface area contributed by atoms with Gasteiger partial charge in [-0.3, -0.25) is 0 Å². The fourth-order valence-electron chi connectivity index (χ4n) is 2.84. The molecule has 1 N–H and O–H groups in total. The molecule has 0 amide bonds. The van der Waals surface area contributed by atoms with Crippen LogP contribution in [-0.2, 0) is 0 Å². The third-order valence-electron chi connectivity index (χ3n) is 4.16. The van der Waals surface area contributed by atoms with Crippen LogP contribution in [0.2, 0.25) is 0 Å². The van der Waals surface area contributed by atoms with Gasteiger partial charge in [0.1, 0.15) is 11.5 Å². The summed E-state index contributed by atoms with van der Waals surface area (Å²) in [6.07, 6.45) is 3.89. The van der Waals surface area contributed by atoms with Crippen LogP contribution in [0.3, 0.4) is 0 Å². The number of methoxy groups -OCH3 is 2. The van der Waals surface area contributed by atoms with Gasteiger partial charge in [-0.1, -0.05) is 20.3 Å².